The predicted molar refractivity (Wildman–Crippen MR) is 72.5 cm³/mol. The standard InChI is InChI=1S/C14H20N2O2/c1-18-10-12(17)5-7-15-9-11-3-2-4-14-13(11)6-8-16-14/h2-4,6,8,12,15-17H,5,7,9-10H2,1H3. The molecule has 0 saturated carbocycles. The van der Waals surface area contributed by atoms with Crippen LogP contribution >= 0.6 is 0 Å². The van der Waals surface area contributed by atoms with Gasteiger partial charge in [-0.1, -0.05) is 12.1 Å². The molecule has 0 fully saturated rings. The van der Waals surface area contributed by atoms with Gasteiger partial charge >= 0.3 is 0 Å². The molecule has 0 radical (unpaired) electrons. The van der Waals surface area contributed by atoms with Gasteiger partial charge in [-0.15, -0.1) is 0 Å². The Kier molecular flexibility index (Phi) is 4.75. The quantitative estimate of drug-likeness (QED) is 0.653. The van der Waals surface area contributed by atoms with Crippen LogP contribution in [0.4, 0.5) is 0 Å². The number of hydrogen-bond acceptors (Lipinski definition) is 3. The zero-order chi connectivity index (χ0) is 12.8. The molecular formula is C14H20N2O2. The number of ether oxygens (including phenoxy) is 1. The zero-order valence-electron chi connectivity index (χ0n) is 10.6. The topological polar surface area (TPSA) is 57.3 Å². The molecule has 2 rings (SSSR count). The number of aliphatic hydroxyl groups is 1. The fraction of sp³-hybridized carbons (Fsp3) is 0.429. The molecule has 1 aromatic heterocycles. The van der Waals surface area contributed by atoms with Crippen molar-refractivity contribution in [2.45, 2.75) is 19.1 Å². The predicted octanol–water partition coefficient (Wildman–Crippen LogP) is 1.65. The zero-order valence-corrected chi connectivity index (χ0v) is 10.6. The summed E-state index contributed by atoms with van der Waals surface area (Å²) >= 11 is 0. The van der Waals surface area contributed by atoms with Gasteiger partial charge in [0, 0.05) is 30.8 Å². The smallest absolute Gasteiger partial charge is 0.0785 e. The van der Waals surface area contributed by atoms with Crippen molar-refractivity contribution >= 4 is 10.9 Å². The molecule has 0 aliphatic heterocycles. The number of fused-ring (bicyclic) bond motifs is 1. The Balaban J connectivity index is 1.81. The monoisotopic (exact) mass is 248 g/mol. The second-order valence-electron chi connectivity index (χ2n) is 4.43. The fourth-order valence-electron chi connectivity index (χ4n) is 2.07. The van der Waals surface area contributed by atoms with E-state index in [4.69, 9.17) is 4.74 Å². The molecule has 0 saturated heterocycles. The molecule has 1 aromatic carbocycles. The molecule has 1 unspecified atom stereocenters. The van der Waals surface area contributed by atoms with Gasteiger partial charge in [-0.3, -0.25) is 0 Å². The van der Waals surface area contributed by atoms with Crippen molar-refractivity contribution in [3.05, 3.63) is 36.0 Å². The van der Waals surface area contributed by atoms with Crippen LogP contribution in [-0.4, -0.2) is 36.5 Å². The SMILES string of the molecule is COCC(O)CCNCc1cccc2[nH]ccc12. The molecule has 0 bridgehead atoms. The molecule has 4 nitrogen and oxygen atoms in total. The highest BCUT2D eigenvalue weighted by molar-refractivity contribution is 5.82. The first kappa shape index (κ1) is 13.1. The molecule has 1 heterocycles. The third-order valence-corrected chi connectivity index (χ3v) is 3.01. The van der Waals surface area contributed by atoms with Crippen LogP contribution < -0.4 is 5.32 Å². The molecule has 3 N–H and O–H groups in total. The van der Waals surface area contributed by atoms with Crippen LogP contribution in [0.1, 0.15) is 12.0 Å². The number of aromatic nitrogens is 1. The van der Waals surface area contributed by atoms with Gasteiger partial charge in [0.2, 0.25) is 0 Å². The fourth-order valence-corrected chi connectivity index (χ4v) is 2.07. The molecule has 0 spiro atoms. The van der Waals surface area contributed by atoms with E-state index in [0.717, 1.165) is 18.6 Å². The Morgan fingerprint density at radius 1 is 1.39 bits per heavy atom. The molecule has 0 aliphatic rings. The first-order valence-electron chi connectivity index (χ1n) is 6.24. The Labute approximate surface area is 107 Å². The minimum Gasteiger partial charge on any atom is -0.391 e. The van der Waals surface area contributed by atoms with Crippen LogP contribution in [-0.2, 0) is 11.3 Å². The largest absolute Gasteiger partial charge is 0.391 e. The van der Waals surface area contributed by atoms with E-state index in [0.29, 0.717) is 13.0 Å². The molecule has 2 aromatic rings. The average molecular weight is 248 g/mol. The first-order chi connectivity index (χ1) is 8.81. The maximum absolute atomic E-state index is 9.52. The third kappa shape index (κ3) is 3.32. The van der Waals surface area contributed by atoms with Gasteiger partial charge in [0.1, 0.15) is 0 Å². The summed E-state index contributed by atoms with van der Waals surface area (Å²) in [5.74, 6) is 0. The molecule has 98 valence electrons. The summed E-state index contributed by atoms with van der Waals surface area (Å²) in [5.41, 5.74) is 2.43. The van der Waals surface area contributed by atoms with Gasteiger partial charge in [-0.2, -0.15) is 0 Å². The minimum absolute atomic E-state index is 0.384. The van der Waals surface area contributed by atoms with E-state index in [1.54, 1.807) is 7.11 Å². The van der Waals surface area contributed by atoms with E-state index >= 15 is 0 Å². The number of nitrogens with one attached hydrogen (secondary N) is 2. The van der Waals surface area contributed by atoms with Gasteiger partial charge in [0.25, 0.3) is 0 Å². The second-order valence-corrected chi connectivity index (χ2v) is 4.43. The number of aromatic amines is 1. The molecular weight excluding hydrogens is 228 g/mol. The van der Waals surface area contributed by atoms with Gasteiger partial charge in [-0.05, 0) is 30.7 Å². The normalized spacial score (nSPS) is 13.0. The number of methoxy groups -OCH3 is 1. The van der Waals surface area contributed by atoms with Gasteiger partial charge < -0.3 is 20.1 Å². The third-order valence-electron chi connectivity index (χ3n) is 3.01. The molecule has 4 heteroatoms. The van der Waals surface area contributed by atoms with Crippen LogP contribution in [0.5, 0.6) is 0 Å². The maximum atomic E-state index is 9.52. The number of H-pyrrole nitrogens is 1. The van der Waals surface area contributed by atoms with Crippen molar-refractivity contribution in [3.63, 3.8) is 0 Å². The lowest BCUT2D eigenvalue weighted by Gasteiger charge is -2.10. The van der Waals surface area contributed by atoms with Crippen molar-refractivity contribution < 1.29 is 9.84 Å². The van der Waals surface area contributed by atoms with Crippen molar-refractivity contribution in [3.8, 4) is 0 Å². The summed E-state index contributed by atoms with van der Waals surface area (Å²) in [5, 5.41) is 14.1. The number of hydrogen-bond donors (Lipinski definition) is 3. The van der Waals surface area contributed by atoms with Crippen LogP contribution in [0.3, 0.4) is 0 Å². The van der Waals surface area contributed by atoms with Crippen molar-refractivity contribution in [2.75, 3.05) is 20.3 Å². The maximum Gasteiger partial charge on any atom is 0.0785 e. The van der Waals surface area contributed by atoms with E-state index in [1.165, 1.54) is 10.9 Å². The average Bonchev–Trinajstić information content (AvgIpc) is 2.84. The Hall–Kier alpha value is -1.36. The summed E-state index contributed by atoms with van der Waals surface area (Å²) in [6.45, 7) is 2.00. The van der Waals surface area contributed by atoms with Crippen LogP contribution in [0.25, 0.3) is 10.9 Å². The van der Waals surface area contributed by atoms with E-state index in [9.17, 15) is 5.11 Å². The lowest BCUT2D eigenvalue weighted by atomic mass is 10.1. The number of rotatable bonds is 7. The van der Waals surface area contributed by atoms with Gasteiger partial charge in [0.15, 0.2) is 0 Å². The molecule has 1 atom stereocenters. The lowest BCUT2D eigenvalue weighted by molar-refractivity contribution is 0.0594. The lowest BCUT2D eigenvalue weighted by Crippen LogP contribution is -2.23. The summed E-state index contributed by atoms with van der Waals surface area (Å²) in [4.78, 5) is 3.20. The van der Waals surface area contributed by atoms with Crippen molar-refractivity contribution in [2.24, 2.45) is 0 Å². The van der Waals surface area contributed by atoms with Crippen LogP contribution in [0, 0.1) is 0 Å². The van der Waals surface area contributed by atoms with Crippen molar-refractivity contribution in [1.29, 1.82) is 0 Å². The Morgan fingerprint density at radius 3 is 3.11 bits per heavy atom. The van der Waals surface area contributed by atoms with Gasteiger partial charge in [-0.25, -0.2) is 0 Å². The number of aliphatic hydroxyl groups excluding tert-OH is 1. The highest BCUT2D eigenvalue weighted by Crippen LogP contribution is 2.16. The highest BCUT2D eigenvalue weighted by atomic mass is 16.5. The van der Waals surface area contributed by atoms with E-state index in [1.807, 2.05) is 6.20 Å². The Morgan fingerprint density at radius 2 is 2.28 bits per heavy atom. The van der Waals surface area contributed by atoms with Crippen LogP contribution in [0.2, 0.25) is 0 Å². The first-order valence-corrected chi connectivity index (χ1v) is 6.24. The Bertz CT molecular complexity index is 481. The summed E-state index contributed by atoms with van der Waals surface area (Å²) in [6, 6.07) is 8.33. The second kappa shape index (κ2) is 6.54. The van der Waals surface area contributed by atoms with Crippen molar-refractivity contribution in [1.82, 2.24) is 10.3 Å². The molecule has 18 heavy (non-hydrogen) atoms. The summed E-state index contributed by atoms with van der Waals surface area (Å²) in [7, 11) is 1.60. The molecule has 0 aliphatic carbocycles. The summed E-state index contributed by atoms with van der Waals surface area (Å²) in [6.07, 6.45) is 2.28. The van der Waals surface area contributed by atoms with E-state index < -0.39 is 0 Å². The highest BCUT2D eigenvalue weighted by Gasteiger charge is 2.04. The van der Waals surface area contributed by atoms with Gasteiger partial charge in [0.05, 0.1) is 12.7 Å². The molecule has 0 amide bonds. The van der Waals surface area contributed by atoms with E-state index in [2.05, 4.69) is 34.6 Å². The minimum atomic E-state index is -0.384. The number of benzene rings is 1. The van der Waals surface area contributed by atoms with E-state index in [-0.39, 0.29) is 6.10 Å². The summed E-state index contributed by atoms with van der Waals surface area (Å²) < 4.78 is 4.88. The van der Waals surface area contributed by atoms with Crippen LogP contribution in [0.15, 0.2) is 30.5 Å².